The van der Waals surface area contributed by atoms with Crippen molar-refractivity contribution in [1.29, 1.82) is 0 Å². The van der Waals surface area contributed by atoms with Crippen LogP contribution in [0.25, 0.3) is 22.8 Å². The van der Waals surface area contributed by atoms with Crippen molar-refractivity contribution < 1.29 is 27.1 Å². The fraction of sp³-hybridized carbons (Fsp3) is 0.273. The van der Waals surface area contributed by atoms with Crippen LogP contribution >= 0.6 is 0 Å². The first kappa shape index (κ1) is 23.3. The molecule has 0 saturated heterocycles. The van der Waals surface area contributed by atoms with Crippen molar-refractivity contribution in [3.8, 4) is 28.6 Å². The molecule has 11 nitrogen and oxygen atoms in total. The number of nitrogens with one attached hydrogen (secondary N) is 2. The Labute approximate surface area is 201 Å². The molecular weight excluding hydrogens is 481 g/mol. The number of para-hydroxylation sites is 1. The number of halogens is 3. The molecule has 0 aliphatic heterocycles. The van der Waals surface area contributed by atoms with Gasteiger partial charge in [0.1, 0.15) is 12.1 Å². The standard InChI is InChI=1S/C22H19F3N8O3/c1-33-10-27-18(32-33)12-4-3-5-14(17(12)35-2)28-15-8-16(29-19(34)11-6-7-11)26-9-13(15)20-30-31-21(36-20)22(23,24)25/h3-5,8-11H,6-7H2,1-2H3,(H2,26,28,29,34). The van der Waals surface area contributed by atoms with Crippen molar-refractivity contribution in [2.75, 3.05) is 17.7 Å². The van der Waals surface area contributed by atoms with Gasteiger partial charge in [0.05, 0.1) is 29.6 Å². The number of amides is 1. The number of anilines is 3. The van der Waals surface area contributed by atoms with Crippen molar-refractivity contribution >= 4 is 23.1 Å². The van der Waals surface area contributed by atoms with E-state index in [0.29, 0.717) is 22.8 Å². The molecular formula is C22H19F3N8O3. The second kappa shape index (κ2) is 8.94. The lowest BCUT2D eigenvalue weighted by Crippen LogP contribution is -2.14. The topological polar surface area (TPSA) is 133 Å². The zero-order chi connectivity index (χ0) is 25.4. The third-order valence-electron chi connectivity index (χ3n) is 5.33. The Hall–Kier alpha value is -4.49. The van der Waals surface area contributed by atoms with Gasteiger partial charge >= 0.3 is 12.1 Å². The zero-order valence-electron chi connectivity index (χ0n) is 19.0. The molecule has 1 aliphatic rings. The van der Waals surface area contributed by atoms with E-state index in [-0.39, 0.29) is 28.9 Å². The number of aryl methyl sites for hydroxylation is 1. The van der Waals surface area contributed by atoms with Crippen LogP contribution in [0.2, 0.25) is 0 Å². The molecule has 14 heteroatoms. The second-order valence-electron chi connectivity index (χ2n) is 8.04. The smallest absolute Gasteiger partial charge is 0.470 e. The van der Waals surface area contributed by atoms with Crippen LogP contribution in [-0.4, -0.2) is 43.0 Å². The highest BCUT2D eigenvalue weighted by molar-refractivity contribution is 5.94. The van der Waals surface area contributed by atoms with E-state index in [1.165, 1.54) is 19.4 Å². The first-order chi connectivity index (χ1) is 17.2. The largest absolute Gasteiger partial charge is 0.494 e. The highest BCUT2D eigenvalue weighted by atomic mass is 19.4. The molecule has 186 valence electrons. The molecule has 1 saturated carbocycles. The molecule has 2 N–H and O–H groups in total. The highest BCUT2D eigenvalue weighted by Gasteiger charge is 2.38. The van der Waals surface area contributed by atoms with Crippen molar-refractivity contribution in [3.63, 3.8) is 0 Å². The van der Waals surface area contributed by atoms with E-state index < -0.39 is 18.0 Å². The number of alkyl halides is 3. The monoisotopic (exact) mass is 500 g/mol. The predicted octanol–water partition coefficient (Wildman–Crippen LogP) is 4.05. The Bertz CT molecular complexity index is 1430. The van der Waals surface area contributed by atoms with Crippen molar-refractivity contribution in [2.45, 2.75) is 19.0 Å². The minimum absolute atomic E-state index is 0.0733. The summed E-state index contributed by atoms with van der Waals surface area (Å²) in [6.07, 6.45) is -0.434. The Morgan fingerprint density at radius 3 is 2.61 bits per heavy atom. The lowest BCUT2D eigenvalue weighted by Gasteiger charge is -2.16. The maximum absolute atomic E-state index is 13.1. The normalized spacial score (nSPS) is 13.5. The lowest BCUT2D eigenvalue weighted by molar-refractivity contribution is -0.157. The quantitative estimate of drug-likeness (QED) is 0.386. The molecule has 1 amide bonds. The Morgan fingerprint density at radius 1 is 1.17 bits per heavy atom. The molecule has 0 bridgehead atoms. The van der Waals surface area contributed by atoms with Crippen LogP contribution in [0, 0.1) is 5.92 Å². The molecule has 0 spiro atoms. The average molecular weight is 500 g/mol. The molecule has 0 unspecified atom stereocenters. The van der Waals surface area contributed by atoms with E-state index in [2.05, 4.69) is 35.9 Å². The first-order valence-corrected chi connectivity index (χ1v) is 10.7. The fourth-order valence-corrected chi connectivity index (χ4v) is 3.46. The van der Waals surface area contributed by atoms with Crippen LogP contribution in [0.3, 0.4) is 0 Å². The van der Waals surface area contributed by atoms with Crippen LogP contribution in [0.4, 0.5) is 30.4 Å². The van der Waals surface area contributed by atoms with Crippen molar-refractivity contribution in [1.82, 2.24) is 29.9 Å². The molecule has 1 fully saturated rings. The minimum Gasteiger partial charge on any atom is -0.494 e. The van der Waals surface area contributed by atoms with Crippen LogP contribution in [0.15, 0.2) is 41.2 Å². The molecule has 36 heavy (non-hydrogen) atoms. The summed E-state index contributed by atoms with van der Waals surface area (Å²) in [6, 6.07) is 6.68. The number of benzene rings is 1. The number of aromatic nitrogens is 6. The van der Waals surface area contributed by atoms with Gasteiger partial charge in [-0.15, -0.1) is 10.2 Å². The molecule has 1 aromatic carbocycles. The van der Waals surface area contributed by atoms with Crippen molar-refractivity contribution in [3.05, 3.63) is 42.7 Å². The molecule has 3 aromatic heterocycles. The Kier molecular flexibility index (Phi) is 5.78. The van der Waals surface area contributed by atoms with E-state index in [9.17, 15) is 18.0 Å². The number of pyridine rings is 1. The minimum atomic E-state index is -4.81. The van der Waals surface area contributed by atoms with E-state index in [1.807, 2.05) is 0 Å². The number of carbonyl (C=O) groups excluding carboxylic acids is 1. The third kappa shape index (κ3) is 4.69. The average Bonchev–Trinajstić information content (AvgIpc) is 3.41. The predicted molar refractivity (Wildman–Crippen MR) is 120 cm³/mol. The third-order valence-corrected chi connectivity index (χ3v) is 5.33. The molecule has 1 aliphatic carbocycles. The number of carbonyl (C=O) groups is 1. The van der Waals surface area contributed by atoms with E-state index in [4.69, 9.17) is 9.15 Å². The van der Waals surface area contributed by atoms with Gasteiger partial charge < -0.3 is 19.8 Å². The highest BCUT2D eigenvalue weighted by Crippen LogP contribution is 2.40. The van der Waals surface area contributed by atoms with Gasteiger partial charge in [0.2, 0.25) is 5.91 Å². The van der Waals surface area contributed by atoms with Crippen LogP contribution < -0.4 is 15.4 Å². The van der Waals surface area contributed by atoms with Gasteiger partial charge in [0, 0.05) is 25.2 Å². The summed E-state index contributed by atoms with van der Waals surface area (Å²) in [4.78, 5) is 20.6. The van der Waals surface area contributed by atoms with Crippen molar-refractivity contribution in [2.24, 2.45) is 13.0 Å². The SMILES string of the molecule is COc1c(Nc2cc(NC(=O)C3CC3)ncc2-c2nnc(C(F)(F)F)o2)cccc1-c1ncn(C)n1. The summed E-state index contributed by atoms with van der Waals surface area (Å²) in [5, 5.41) is 16.8. The maximum Gasteiger partial charge on any atom is 0.470 e. The Morgan fingerprint density at radius 2 is 1.97 bits per heavy atom. The molecule has 4 aromatic rings. The van der Waals surface area contributed by atoms with Gasteiger partial charge in [-0.25, -0.2) is 9.97 Å². The van der Waals surface area contributed by atoms with Crippen LogP contribution in [0.5, 0.6) is 5.75 Å². The summed E-state index contributed by atoms with van der Waals surface area (Å²) in [6.45, 7) is 0. The lowest BCUT2D eigenvalue weighted by atomic mass is 10.1. The Balaban J connectivity index is 1.56. The molecule has 0 radical (unpaired) electrons. The molecule has 0 atom stereocenters. The van der Waals surface area contributed by atoms with Gasteiger partial charge in [-0.3, -0.25) is 9.48 Å². The van der Waals surface area contributed by atoms with E-state index >= 15 is 0 Å². The number of hydrogen-bond donors (Lipinski definition) is 2. The molecule has 3 heterocycles. The summed E-state index contributed by atoms with van der Waals surface area (Å²) < 4.78 is 51.2. The summed E-state index contributed by atoms with van der Waals surface area (Å²) >= 11 is 0. The van der Waals surface area contributed by atoms with Crippen LogP contribution in [-0.2, 0) is 18.0 Å². The summed E-state index contributed by atoms with van der Waals surface area (Å²) in [7, 11) is 3.20. The zero-order valence-corrected chi connectivity index (χ0v) is 19.0. The van der Waals surface area contributed by atoms with Gasteiger partial charge in [-0.1, -0.05) is 6.07 Å². The number of nitrogens with zero attached hydrogens (tertiary/aromatic N) is 6. The maximum atomic E-state index is 13.1. The number of methoxy groups -OCH3 is 1. The number of hydrogen-bond acceptors (Lipinski definition) is 9. The second-order valence-corrected chi connectivity index (χ2v) is 8.04. The first-order valence-electron chi connectivity index (χ1n) is 10.7. The van der Waals surface area contributed by atoms with Crippen LogP contribution in [0.1, 0.15) is 18.7 Å². The van der Waals surface area contributed by atoms with Gasteiger partial charge in [-0.05, 0) is 25.0 Å². The summed E-state index contributed by atoms with van der Waals surface area (Å²) in [5.74, 6) is -1.15. The van der Waals surface area contributed by atoms with Gasteiger partial charge in [0.15, 0.2) is 11.6 Å². The van der Waals surface area contributed by atoms with Gasteiger partial charge in [-0.2, -0.15) is 18.3 Å². The molecule has 5 rings (SSSR count). The number of ether oxygens (including phenoxy) is 1. The summed E-state index contributed by atoms with van der Waals surface area (Å²) in [5.41, 5.74) is 1.37. The fourth-order valence-electron chi connectivity index (χ4n) is 3.46. The number of rotatable bonds is 7. The van der Waals surface area contributed by atoms with E-state index in [1.54, 1.807) is 36.3 Å². The van der Waals surface area contributed by atoms with E-state index in [0.717, 1.165) is 12.8 Å². The van der Waals surface area contributed by atoms with Gasteiger partial charge in [0.25, 0.3) is 5.89 Å².